The van der Waals surface area contributed by atoms with Gasteiger partial charge in [-0.2, -0.15) is 0 Å². The number of hydrogen-bond acceptors (Lipinski definition) is 5. The van der Waals surface area contributed by atoms with Crippen molar-refractivity contribution in [1.82, 2.24) is 10.0 Å². The van der Waals surface area contributed by atoms with Gasteiger partial charge in [0.15, 0.2) is 5.11 Å². The Kier molecular flexibility index (Phi) is 8.41. The van der Waals surface area contributed by atoms with E-state index in [1.807, 2.05) is 24.3 Å². The molecule has 2 rings (SSSR count). The summed E-state index contributed by atoms with van der Waals surface area (Å²) >= 11 is 27.6. The Hall–Kier alpha value is -0.810. The Bertz CT molecular complexity index is 839. The molecule has 3 N–H and O–H groups in total. The van der Waals surface area contributed by atoms with Gasteiger partial charge in [-0.15, -0.1) is 0 Å². The molecule has 1 unspecified atom stereocenters. The Morgan fingerprint density at radius 1 is 1.19 bits per heavy atom. The van der Waals surface area contributed by atoms with Gasteiger partial charge in [-0.1, -0.05) is 59.1 Å². The molecule has 0 spiro atoms. The fourth-order valence-corrected chi connectivity index (χ4v) is 3.85. The predicted octanol–water partition coefficient (Wildman–Crippen LogP) is 5.64. The van der Waals surface area contributed by atoms with Crippen LogP contribution in [0.4, 0.5) is 11.4 Å². The number of nitro benzene ring substituents is 1. The summed E-state index contributed by atoms with van der Waals surface area (Å²) in [6.07, 6.45) is -0.935. The van der Waals surface area contributed by atoms with Gasteiger partial charge in [-0.05, 0) is 58.3 Å². The zero-order valence-electron chi connectivity index (χ0n) is 13.3. The summed E-state index contributed by atoms with van der Waals surface area (Å²) in [6.45, 7) is 0. The number of rotatable bonds is 6. The molecule has 0 aliphatic rings. The summed E-state index contributed by atoms with van der Waals surface area (Å²) in [4.78, 5) is 11.0. The van der Waals surface area contributed by atoms with Gasteiger partial charge in [-0.3, -0.25) is 10.1 Å². The number of nitrogens with one attached hydrogen (secondary N) is 3. The first kappa shape index (κ1) is 22.5. The molecule has 27 heavy (non-hydrogen) atoms. The van der Waals surface area contributed by atoms with Gasteiger partial charge in [0.2, 0.25) is 3.79 Å². The highest BCUT2D eigenvalue weighted by molar-refractivity contribution is 9.10. The number of para-hydroxylation sites is 2. The molecule has 1 atom stereocenters. The van der Waals surface area contributed by atoms with Crippen molar-refractivity contribution in [2.75, 3.05) is 5.32 Å². The molecule has 144 valence electrons. The molecule has 0 amide bonds. The third-order valence-corrected chi connectivity index (χ3v) is 5.56. The van der Waals surface area contributed by atoms with E-state index >= 15 is 0 Å². The molecule has 12 heteroatoms. The van der Waals surface area contributed by atoms with Crippen LogP contribution in [0.15, 0.2) is 57.9 Å². The van der Waals surface area contributed by atoms with E-state index in [0.29, 0.717) is 4.90 Å². The highest BCUT2D eigenvalue weighted by Crippen LogP contribution is 2.33. The Balaban J connectivity index is 2.07. The normalized spacial score (nSPS) is 12.3. The fourth-order valence-electron chi connectivity index (χ4n) is 1.85. The van der Waals surface area contributed by atoms with Gasteiger partial charge in [-0.25, -0.2) is 4.72 Å². The molecule has 0 saturated carbocycles. The van der Waals surface area contributed by atoms with Crippen molar-refractivity contribution in [1.29, 1.82) is 0 Å². The summed E-state index contributed by atoms with van der Waals surface area (Å²) < 4.78 is 1.89. The average Bonchev–Trinajstić information content (AvgIpc) is 2.59. The maximum atomic E-state index is 11.1. The summed E-state index contributed by atoms with van der Waals surface area (Å²) in [5.41, 5.74) is 0.663. The summed E-state index contributed by atoms with van der Waals surface area (Å²) in [7, 11) is 0. The lowest BCUT2D eigenvalue weighted by Gasteiger charge is -2.27. The van der Waals surface area contributed by atoms with Crippen LogP contribution >= 0.6 is 74.9 Å². The fraction of sp³-hybridized carbons (Fsp3) is 0.133. The van der Waals surface area contributed by atoms with Crippen LogP contribution in [0.1, 0.15) is 0 Å². The van der Waals surface area contributed by atoms with E-state index in [2.05, 4.69) is 31.3 Å². The van der Waals surface area contributed by atoms with Crippen LogP contribution < -0.4 is 15.4 Å². The van der Waals surface area contributed by atoms with Gasteiger partial charge >= 0.3 is 0 Å². The second-order valence-electron chi connectivity index (χ2n) is 5.00. The average molecular weight is 531 g/mol. The minimum absolute atomic E-state index is 0.0630. The molecule has 2 aromatic carbocycles. The van der Waals surface area contributed by atoms with Gasteiger partial charge in [0.05, 0.1) is 10.6 Å². The molecule has 0 aliphatic carbocycles. The number of hydrogen-bond donors (Lipinski definition) is 3. The first-order valence-electron chi connectivity index (χ1n) is 7.23. The van der Waals surface area contributed by atoms with Crippen LogP contribution in [0, 0.1) is 10.1 Å². The standard InChI is InChI=1S/C15H12BrCl3N4O2S2/c16-9-5-1-2-6-10(9)20-14(26)21-13(15(17,18)19)22-27-12-8-4-3-7-11(12)23(24)25/h1-8,13,22H,(H2,20,21,26). The molecule has 0 aliphatic heterocycles. The molecule has 6 nitrogen and oxygen atoms in total. The summed E-state index contributed by atoms with van der Waals surface area (Å²) in [5.74, 6) is 0. The molecule has 0 aromatic heterocycles. The van der Waals surface area contributed by atoms with Crippen molar-refractivity contribution < 1.29 is 4.92 Å². The molecule has 0 fully saturated rings. The monoisotopic (exact) mass is 528 g/mol. The Morgan fingerprint density at radius 3 is 2.44 bits per heavy atom. The van der Waals surface area contributed by atoms with Crippen molar-refractivity contribution in [3.8, 4) is 0 Å². The summed E-state index contributed by atoms with van der Waals surface area (Å²) in [6, 6.07) is 13.6. The van der Waals surface area contributed by atoms with E-state index in [1.165, 1.54) is 6.07 Å². The van der Waals surface area contributed by atoms with Gasteiger partial charge in [0, 0.05) is 10.5 Å². The highest BCUT2D eigenvalue weighted by Gasteiger charge is 2.34. The first-order chi connectivity index (χ1) is 12.7. The van der Waals surface area contributed by atoms with E-state index in [0.717, 1.165) is 22.1 Å². The molecule has 0 bridgehead atoms. The molecule has 0 radical (unpaired) electrons. The lowest BCUT2D eigenvalue weighted by Crippen LogP contribution is -2.52. The van der Waals surface area contributed by atoms with Crippen LogP contribution in [0.25, 0.3) is 0 Å². The number of alkyl halides is 3. The van der Waals surface area contributed by atoms with E-state index in [9.17, 15) is 10.1 Å². The second kappa shape index (κ2) is 10.1. The Morgan fingerprint density at radius 2 is 1.81 bits per heavy atom. The number of nitrogens with zero attached hydrogens (tertiary/aromatic N) is 1. The summed E-state index contributed by atoms with van der Waals surface area (Å²) in [5, 5.41) is 17.1. The molecule has 2 aromatic rings. The minimum atomic E-state index is -1.78. The van der Waals surface area contributed by atoms with Crippen molar-refractivity contribution in [2.45, 2.75) is 14.9 Å². The zero-order chi connectivity index (χ0) is 20.0. The minimum Gasteiger partial charge on any atom is -0.343 e. The number of nitro groups is 1. The van der Waals surface area contributed by atoms with Gasteiger partial charge in [0.25, 0.3) is 5.69 Å². The Labute approximate surface area is 188 Å². The van der Waals surface area contributed by atoms with Crippen molar-refractivity contribution in [2.24, 2.45) is 0 Å². The van der Waals surface area contributed by atoms with Crippen molar-refractivity contribution >= 4 is 91.4 Å². The smallest absolute Gasteiger partial charge is 0.284 e. The highest BCUT2D eigenvalue weighted by atomic mass is 79.9. The maximum Gasteiger partial charge on any atom is 0.284 e. The number of thiocarbonyl (C=S) groups is 1. The number of halogens is 4. The molecular formula is C15H12BrCl3N4O2S2. The largest absolute Gasteiger partial charge is 0.343 e. The first-order valence-corrected chi connectivity index (χ1v) is 10.4. The molecule has 0 saturated heterocycles. The number of anilines is 1. The quantitative estimate of drug-likeness (QED) is 0.111. The van der Waals surface area contributed by atoms with Crippen LogP contribution in [0.2, 0.25) is 0 Å². The SMILES string of the molecule is O=[N+]([O-])c1ccccc1SNC(NC(=S)Nc1ccccc1Br)C(Cl)(Cl)Cl. The molecule has 0 heterocycles. The lowest BCUT2D eigenvalue weighted by atomic mass is 10.3. The van der Waals surface area contributed by atoms with E-state index < -0.39 is 14.9 Å². The maximum absolute atomic E-state index is 11.1. The van der Waals surface area contributed by atoms with Crippen LogP contribution in [0.5, 0.6) is 0 Å². The topological polar surface area (TPSA) is 79.2 Å². The molecular weight excluding hydrogens is 519 g/mol. The van der Waals surface area contributed by atoms with Crippen LogP contribution in [-0.2, 0) is 0 Å². The third-order valence-electron chi connectivity index (χ3n) is 3.07. The van der Waals surface area contributed by atoms with Crippen molar-refractivity contribution in [3.63, 3.8) is 0 Å². The second-order valence-corrected chi connectivity index (χ2v) is 9.51. The van der Waals surface area contributed by atoms with E-state index in [1.54, 1.807) is 18.2 Å². The van der Waals surface area contributed by atoms with E-state index in [-0.39, 0.29) is 10.8 Å². The third kappa shape index (κ3) is 6.94. The zero-order valence-corrected chi connectivity index (χ0v) is 18.8. The van der Waals surface area contributed by atoms with Gasteiger partial charge < -0.3 is 10.6 Å². The number of benzene rings is 2. The van der Waals surface area contributed by atoms with Crippen molar-refractivity contribution in [3.05, 3.63) is 63.1 Å². The van der Waals surface area contributed by atoms with Crippen LogP contribution in [0.3, 0.4) is 0 Å². The van der Waals surface area contributed by atoms with E-state index in [4.69, 9.17) is 47.0 Å². The van der Waals surface area contributed by atoms with Gasteiger partial charge in [0.1, 0.15) is 11.1 Å². The predicted molar refractivity (Wildman–Crippen MR) is 120 cm³/mol. The lowest BCUT2D eigenvalue weighted by molar-refractivity contribution is -0.387. The van der Waals surface area contributed by atoms with Crippen LogP contribution in [-0.4, -0.2) is 20.0 Å².